The fraction of sp³-hybridized carbons (Fsp3) is 0.312. The largest absolute Gasteiger partial charge is 0.471 e. The van der Waals surface area contributed by atoms with Gasteiger partial charge >= 0.3 is 12.1 Å². The minimum atomic E-state index is -4.71. The van der Waals surface area contributed by atoms with E-state index in [1.807, 2.05) is 6.92 Å². The number of carbonyl (C=O) groups excluding carboxylic acids is 1. The average Bonchev–Trinajstić information content (AvgIpc) is 3.18. The summed E-state index contributed by atoms with van der Waals surface area (Å²) in [4.78, 5) is 15.8. The first-order valence-electron chi connectivity index (χ1n) is 7.32. The molecule has 0 aliphatic rings. The van der Waals surface area contributed by atoms with Gasteiger partial charge in [-0.25, -0.2) is 0 Å². The van der Waals surface area contributed by atoms with Gasteiger partial charge in [-0.05, 0) is 25.5 Å². The molecule has 0 aliphatic heterocycles. The van der Waals surface area contributed by atoms with E-state index in [9.17, 15) is 18.0 Å². The number of benzene rings is 1. The van der Waals surface area contributed by atoms with Crippen molar-refractivity contribution in [2.75, 3.05) is 7.11 Å². The van der Waals surface area contributed by atoms with Crippen LogP contribution in [0.15, 0.2) is 28.9 Å². The Morgan fingerprint density at radius 2 is 2.08 bits per heavy atom. The molecule has 2 aromatic heterocycles. The van der Waals surface area contributed by atoms with Gasteiger partial charge in [-0.15, -0.1) is 0 Å². The summed E-state index contributed by atoms with van der Waals surface area (Å²) >= 11 is 0. The van der Waals surface area contributed by atoms with Crippen molar-refractivity contribution < 1.29 is 27.2 Å². The van der Waals surface area contributed by atoms with Gasteiger partial charge in [0.1, 0.15) is 6.10 Å². The van der Waals surface area contributed by atoms with Crippen molar-refractivity contribution in [3.63, 3.8) is 0 Å². The molecule has 0 aliphatic carbocycles. The SMILES string of the molecule is COC(C)C(=O)n1cc(C)c2ccc(-c3noc(C(F)(F)F)n3)cc21. The number of hydrogen-bond acceptors (Lipinski definition) is 5. The van der Waals surface area contributed by atoms with Crippen LogP contribution in [0.25, 0.3) is 22.3 Å². The maximum absolute atomic E-state index is 12.6. The Labute approximate surface area is 140 Å². The van der Waals surface area contributed by atoms with Gasteiger partial charge in [-0.1, -0.05) is 17.3 Å². The van der Waals surface area contributed by atoms with Crippen molar-refractivity contribution >= 4 is 16.8 Å². The highest BCUT2D eigenvalue weighted by Crippen LogP contribution is 2.31. The van der Waals surface area contributed by atoms with Crippen molar-refractivity contribution in [1.82, 2.24) is 14.7 Å². The van der Waals surface area contributed by atoms with Gasteiger partial charge in [0.2, 0.25) is 5.82 Å². The number of aromatic nitrogens is 3. The Balaban J connectivity index is 2.10. The fourth-order valence-electron chi connectivity index (χ4n) is 2.47. The standard InChI is InChI=1S/C16H14F3N3O3/c1-8-7-22(14(23)9(2)24-3)12-6-10(4-5-11(8)12)13-20-15(25-21-13)16(17,18)19/h4-7,9H,1-3H3. The Bertz CT molecular complexity index is 943. The smallest absolute Gasteiger partial charge is 0.372 e. The van der Waals surface area contributed by atoms with E-state index in [4.69, 9.17) is 4.74 Å². The van der Waals surface area contributed by atoms with Crippen molar-refractivity contribution in [2.45, 2.75) is 26.1 Å². The molecule has 0 radical (unpaired) electrons. The minimum Gasteiger partial charge on any atom is -0.372 e. The third kappa shape index (κ3) is 3.02. The number of fused-ring (bicyclic) bond motifs is 1. The van der Waals surface area contributed by atoms with Crippen LogP contribution in [0.2, 0.25) is 0 Å². The highest BCUT2D eigenvalue weighted by atomic mass is 19.4. The zero-order valence-corrected chi connectivity index (χ0v) is 13.6. The molecule has 0 bridgehead atoms. The van der Waals surface area contributed by atoms with Crippen LogP contribution >= 0.6 is 0 Å². The predicted octanol–water partition coefficient (Wildman–Crippen LogP) is 3.69. The summed E-state index contributed by atoms with van der Waals surface area (Å²) in [6.07, 6.45) is -3.72. The summed E-state index contributed by atoms with van der Waals surface area (Å²) in [6, 6.07) is 4.83. The second-order valence-corrected chi connectivity index (χ2v) is 5.55. The summed E-state index contributed by atoms with van der Waals surface area (Å²) < 4.78 is 48.5. The third-order valence-electron chi connectivity index (χ3n) is 3.87. The number of methoxy groups -OCH3 is 1. The second-order valence-electron chi connectivity index (χ2n) is 5.55. The Morgan fingerprint density at radius 3 is 2.68 bits per heavy atom. The van der Waals surface area contributed by atoms with E-state index < -0.39 is 18.2 Å². The molecule has 1 unspecified atom stereocenters. The molecule has 25 heavy (non-hydrogen) atoms. The van der Waals surface area contributed by atoms with Gasteiger partial charge in [0.25, 0.3) is 5.91 Å². The first-order chi connectivity index (χ1) is 11.7. The quantitative estimate of drug-likeness (QED) is 0.718. The zero-order chi connectivity index (χ0) is 18.4. The number of aryl methyl sites for hydroxylation is 1. The molecule has 3 rings (SSSR count). The predicted molar refractivity (Wildman–Crippen MR) is 82.1 cm³/mol. The molecule has 9 heteroatoms. The second kappa shape index (κ2) is 5.99. The minimum absolute atomic E-state index is 0.202. The molecule has 0 spiro atoms. The van der Waals surface area contributed by atoms with Gasteiger partial charge in [0.15, 0.2) is 0 Å². The molecule has 0 N–H and O–H groups in total. The van der Waals surface area contributed by atoms with Crippen LogP contribution in [0, 0.1) is 6.92 Å². The summed E-state index contributed by atoms with van der Waals surface area (Å²) in [7, 11) is 1.42. The number of rotatable bonds is 3. The number of hydrogen-bond donors (Lipinski definition) is 0. The number of carbonyl (C=O) groups is 1. The summed E-state index contributed by atoms with van der Waals surface area (Å²) in [6.45, 7) is 3.45. The molecule has 132 valence electrons. The normalized spacial score (nSPS) is 13.4. The molecule has 1 atom stereocenters. The van der Waals surface area contributed by atoms with Crippen molar-refractivity contribution in [2.24, 2.45) is 0 Å². The lowest BCUT2D eigenvalue weighted by atomic mass is 10.1. The van der Waals surface area contributed by atoms with E-state index in [1.165, 1.54) is 11.7 Å². The van der Waals surface area contributed by atoms with Crippen LogP contribution < -0.4 is 0 Å². The highest BCUT2D eigenvalue weighted by molar-refractivity contribution is 5.97. The van der Waals surface area contributed by atoms with E-state index in [0.717, 1.165) is 10.9 Å². The molecule has 6 nitrogen and oxygen atoms in total. The van der Waals surface area contributed by atoms with Gasteiger partial charge < -0.3 is 9.26 Å². The van der Waals surface area contributed by atoms with Crippen LogP contribution in [0.1, 0.15) is 23.2 Å². The highest BCUT2D eigenvalue weighted by Gasteiger charge is 2.38. The first-order valence-corrected chi connectivity index (χ1v) is 7.32. The molecule has 0 saturated carbocycles. The molecular weight excluding hydrogens is 339 g/mol. The average molecular weight is 353 g/mol. The Morgan fingerprint density at radius 1 is 1.36 bits per heavy atom. The lowest BCUT2D eigenvalue weighted by molar-refractivity contribution is -0.159. The van der Waals surface area contributed by atoms with E-state index in [1.54, 1.807) is 31.3 Å². The third-order valence-corrected chi connectivity index (χ3v) is 3.87. The summed E-state index contributed by atoms with van der Waals surface area (Å²) in [5.74, 6) is -1.91. The van der Waals surface area contributed by atoms with Gasteiger partial charge in [0.05, 0.1) is 5.52 Å². The van der Waals surface area contributed by atoms with Crippen LogP contribution in [0.4, 0.5) is 13.2 Å². The maximum atomic E-state index is 12.6. The van der Waals surface area contributed by atoms with E-state index in [0.29, 0.717) is 11.1 Å². The Kier molecular flexibility index (Phi) is 4.11. The zero-order valence-electron chi connectivity index (χ0n) is 13.6. The van der Waals surface area contributed by atoms with Gasteiger partial charge in [-0.3, -0.25) is 9.36 Å². The maximum Gasteiger partial charge on any atom is 0.471 e. The molecule has 1 aromatic carbocycles. The molecule has 0 fully saturated rings. The van der Waals surface area contributed by atoms with Crippen molar-refractivity contribution in [3.8, 4) is 11.4 Å². The monoisotopic (exact) mass is 353 g/mol. The fourth-order valence-corrected chi connectivity index (χ4v) is 2.47. The number of ether oxygens (including phenoxy) is 1. The molecule has 0 amide bonds. The van der Waals surface area contributed by atoms with E-state index >= 15 is 0 Å². The van der Waals surface area contributed by atoms with E-state index in [2.05, 4.69) is 14.7 Å². The van der Waals surface area contributed by atoms with Crippen molar-refractivity contribution in [3.05, 3.63) is 35.9 Å². The van der Waals surface area contributed by atoms with E-state index in [-0.39, 0.29) is 11.7 Å². The van der Waals surface area contributed by atoms with Crippen molar-refractivity contribution in [1.29, 1.82) is 0 Å². The molecule has 3 aromatic rings. The van der Waals surface area contributed by atoms with Gasteiger partial charge in [0, 0.05) is 24.3 Å². The molecule has 2 heterocycles. The first kappa shape index (κ1) is 17.2. The lowest BCUT2D eigenvalue weighted by Crippen LogP contribution is -2.24. The number of halogens is 3. The number of nitrogens with zero attached hydrogens (tertiary/aromatic N) is 3. The topological polar surface area (TPSA) is 70.2 Å². The van der Waals surface area contributed by atoms with Gasteiger partial charge in [-0.2, -0.15) is 18.2 Å². The molecule has 0 saturated heterocycles. The number of alkyl halides is 3. The Hall–Kier alpha value is -2.68. The van der Waals surface area contributed by atoms with Crippen LogP contribution in [-0.2, 0) is 10.9 Å². The van der Waals surface area contributed by atoms with Crippen LogP contribution in [0.3, 0.4) is 0 Å². The summed E-state index contributed by atoms with van der Waals surface area (Å²) in [5, 5.41) is 4.16. The van der Waals surface area contributed by atoms with Crippen LogP contribution in [-0.4, -0.2) is 33.8 Å². The summed E-state index contributed by atoms with van der Waals surface area (Å²) in [5.41, 5.74) is 1.69. The molecular formula is C16H14F3N3O3. The van der Waals surface area contributed by atoms with Crippen LogP contribution in [0.5, 0.6) is 0 Å². The lowest BCUT2D eigenvalue weighted by Gasteiger charge is -2.10.